The van der Waals surface area contributed by atoms with Crippen molar-refractivity contribution in [2.24, 2.45) is 11.8 Å². The second-order valence-electron chi connectivity index (χ2n) is 2.98. The summed E-state index contributed by atoms with van der Waals surface area (Å²) in [5.74, 6) is -1.18. The molecule has 0 bridgehead atoms. The summed E-state index contributed by atoms with van der Waals surface area (Å²) in [5.41, 5.74) is 0. The molecule has 0 heterocycles. The van der Waals surface area contributed by atoms with Crippen LogP contribution in [0, 0.1) is 11.8 Å². The van der Waals surface area contributed by atoms with E-state index in [1.807, 2.05) is 0 Å². The fraction of sp³-hybridized carbons (Fsp3) is 0.625. The molecule has 0 saturated carbocycles. The van der Waals surface area contributed by atoms with Crippen molar-refractivity contribution in [3.63, 3.8) is 0 Å². The van der Waals surface area contributed by atoms with Crippen molar-refractivity contribution in [2.45, 2.75) is 19.4 Å². The molecule has 0 spiro atoms. The third kappa shape index (κ3) is 1.80. The Morgan fingerprint density at radius 1 is 1.64 bits per heavy atom. The molecule has 3 heteroatoms. The van der Waals surface area contributed by atoms with Gasteiger partial charge in [0.05, 0.1) is 12.0 Å². The van der Waals surface area contributed by atoms with Gasteiger partial charge in [0.15, 0.2) is 0 Å². The molecule has 1 aliphatic rings. The number of hydrogen-bond donors (Lipinski definition) is 2. The summed E-state index contributed by atoms with van der Waals surface area (Å²) in [5, 5.41) is 17.7. The van der Waals surface area contributed by atoms with Crippen molar-refractivity contribution < 1.29 is 15.0 Å². The lowest BCUT2D eigenvalue weighted by Gasteiger charge is -2.12. The Kier molecular flexibility index (Phi) is 2.29. The van der Waals surface area contributed by atoms with E-state index < -0.39 is 12.1 Å². The van der Waals surface area contributed by atoms with E-state index in [1.165, 1.54) is 0 Å². The number of carbonyl (C=O) groups is 1. The molecular formula is C8H12O3. The monoisotopic (exact) mass is 156 g/mol. The number of carboxylic acid groups (broad SMARTS) is 1. The van der Waals surface area contributed by atoms with Gasteiger partial charge in [0, 0.05) is 0 Å². The Labute approximate surface area is 65.3 Å². The number of carboxylic acids is 1. The summed E-state index contributed by atoms with van der Waals surface area (Å²) >= 11 is 0. The minimum Gasteiger partial charge on any atom is -0.481 e. The fourth-order valence-electron chi connectivity index (χ4n) is 1.26. The van der Waals surface area contributed by atoms with Gasteiger partial charge in [0.25, 0.3) is 0 Å². The standard InChI is InChI=1S/C8H12O3/c1-5(8(10)11)6-2-3-7(9)4-6/h2-3,5-7,9H,4H2,1H3,(H,10,11)/t5-,6+,7-/m0/s1. The molecule has 0 aromatic carbocycles. The highest BCUT2D eigenvalue weighted by Crippen LogP contribution is 2.25. The van der Waals surface area contributed by atoms with E-state index in [1.54, 1.807) is 19.1 Å². The van der Waals surface area contributed by atoms with Gasteiger partial charge >= 0.3 is 5.97 Å². The summed E-state index contributed by atoms with van der Waals surface area (Å²) in [4.78, 5) is 10.5. The van der Waals surface area contributed by atoms with E-state index in [2.05, 4.69) is 0 Å². The predicted octanol–water partition coefficient (Wildman–Crippen LogP) is 0.644. The lowest BCUT2D eigenvalue weighted by Crippen LogP contribution is -2.19. The zero-order valence-electron chi connectivity index (χ0n) is 6.40. The highest BCUT2D eigenvalue weighted by molar-refractivity contribution is 5.70. The molecule has 3 nitrogen and oxygen atoms in total. The minimum atomic E-state index is -0.797. The van der Waals surface area contributed by atoms with Crippen LogP contribution < -0.4 is 0 Å². The van der Waals surface area contributed by atoms with E-state index in [0.717, 1.165) is 0 Å². The summed E-state index contributed by atoms with van der Waals surface area (Å²) in [6.07, 6.45) is 3.54. The van der Waals surface area contributed by atoms with Gasteiger partial charge in [-0.2, -0.15) is 0 Å². The maximum absolute atomic E-state index is 10.5. The first kappa shape index (κ1) is 8.27. The second-order valence-corrected chi connectivity index (χ2v) is 2.98. The van der Waals surface area contributed by atoms with Crippen LogP contribution in [0.3, 0.4) is 0 Å². The van der Waals surface area contributed by atoms with E-state index in [-0.39, 0.29) is 11.8 Å². The topological polar surface area (TPSA) is 57.5 Å². The third-order valence-electron chi connectivity index (χ3n) is 2.13. The van der Waals surface area contributed by atoms with Crippen LogP contribution >= 0.6 is 0 Å². The van der Waals surface area contributed by atoms with Crippen LogP contribution in [0.5, 0.6) is 0 Å². The molecule has 0 radical (unpaired) electrons. The minimum absolute atomic E-state index is 0.00231. The Bertz CT molecular complexity index is 186. The number of aliphatic hydroxyl groups excluding tert-OH is 1. The maximum Gasteiger partial charge on any atom is 0.306 e. The molecule has 0 amide bonds. The summed E-state index contributed by atoms with van der Waals surface area (Å²) in [7, 11) is 0. The average Bonchev–Trinajstić information content (AvgIpc) is 2.34. The van der Waals surface area contributed by atoms with Gasteiger partial charge in [-0.05, 0) is 12.3 Å². The van der Waals surface area contributed by atoms with Crippen LogP contribution in [0.2, 0.25) is 0 Å². The molecule has 0 saturated heterocycles. The molecule has 2 N–H and O–H groups in total. The Morgan fingerprint density at radius 2 is 2.27 bits per heavy atom. The molecule has 0 fully saturated rings. The average molecular weight is 156 g/mol. The van der Waals surface area contributed by atoms with Crippen molar-refractivity contribution in [3.05, 3.63) is 12.2 Å². The second kappa shape index (κ2) is 3.05. The van der Waals surface area contributed by atoms with E-state index >= 15 is 0 Å². The van der Waals surface area contributed by atoms with Crippen LogP contribution in [0.25, 0.3) is 0 Å². The molecule has 0 aliphatic heterocycles. The highest BCUT2D eigenvalue weighted by atomic mass is 16.4. The number of aliphatic hydroxyl groups is 1. The lowest BCUT2D eigenvalue weighted by molar-refractivity contribution is -0.142. The molecule has 0 aromatic heterocycles. The highest BCUT2D eigenvalue weighted by Gasteiger charge is 2.26. The smallest absolute Gasteiger partial charge is 0.306 e. The first-order valence-corrected chi connectivity index (χ1v) is 3.70. The van der Waals surface area contributed by atoms with Crippen LogP contribution in [0.1, 0.15) is 13.3 Å². The first-order chi connectivity index (χ1) is 5.11. The van der Waals surface area contributed by atoms with E-state index in [0.29, 0.717) is 6.42 Å². The van der Waals surface area contributed by atoms with Crippen molar-refractivity contribution in [1.82, 2.24) is 0 Å². The van der Waals surface area contributed by atoms with E-state index in [4.69, 9.17) is 10.2 Å². The van der Waals surface area contributed by atoms with Crippen LogP contribution in [-0.4, -0.2) is 22.3 Å². The summed E-state index contributed by atoms with van der Waals surface area (Å²) in [6.45, 7) is 1.66. The van der Waals surface area contributed by atoms with Crippen molar-refractivity contribution >= 4 is 5.97 Å². The largest absolute Gasteiger partial charge is 0.481 e. The number of allylic oxidation sites excluding steroid dienone is 1. The third-order valence-corrected chi connectivity index (χ3v) is 2.13. The van der Waals surface area contributed by atoms with Gasteiger partial charge in [-0.15, -0.1) is 0 Å². The van der Waals surface area contributed by atoms with E-state index in [9.17, 15) is 4.79 Å². The van der Waals surface area contributed by atoms with Gasteiger partial charge in [-0.25, -0.2) is 0 Å². The van der Waals surface area contributed by atoms with Gasteiger partial charge in [0.1, 0.15) is 0 Å². The fourth-order valence-corrected chi connectivity index (χ4v) is 1.26. The van der Waals surface area contributed by atoms with Crippen LogP contribution in [0.15, 0.2) is 12.2 Å². The zero-order valence-corrected chi connectivity index (χ0v) is 6.40. The zero-order chi connectivity index (χ0) is 8.43. The SMILES string of the molecule is C[C@H](C(=O)O)[C@@H]1C=C[C@H](O)C1. The van der Waals surface area contributed by atoms with Gasteiger partial charge in [-0.3, -0.25) is 4.79 Å². The van der Waals surface area contributed by atoms with Crippen LogP contribution in [0.4, 0.5) is 0 Å². The number of rotatable bonds is 2. The lowest BCUT2D eigenvalue weighted by atomic mass is 9.93. The summed E-state index contributed by atoms with van der Waals surface area (Å²) < 4.78 is 0. The number of aliphatic carboxylic acids is 1. The molecule has 0 unspecified atom stereocenters. The molecule has 0 aromatic rings. The predicted molar refractivity (Wildman–Crippen MR) is 40.1 cm³/mol. The number of hydrogen-bond acceptors (Lipinski definition) is 2. The Balaban J connectivity index is 2.51. The molecule has 11 heavy (non-hydrogen) atoms. The normalized spacial score (nSPS) is 32.2. The van der Waals surface area contributed by atoms with Crippen molar-refractivity contribution in [1.29, 1.82) is 0 Å². The van der Waals surface area contributed by atoms with Crippen molar-refractivity contribution in [3.8, 4) is 0 Å². The molecule has 1 rings (SSSR count). The quantitative estimate of drug-likeness (QED) is 0.577. The maximum atomic E-state index is 10.5. The molecule has 1 aliphatic carbocycles. The van der Waals surface area contributed by atoms with Gasteiger partial charge in [-0.1, -0.05) is 19.1 Å². The first-order valence-electron chi connectivity index (χ1n) is 3.70. The Morgan fingerprint density at radius 3 is 2.64 bits per heavy atom. The van der Waals surface area contributed by atoms with Crippen LogP contribution in [-0.2, 0) is 4.79 Å². The van der Waals surface area contributed by atoms with Gasteiger partial charge < -0.3 is 10.2 Å². The van der Waals surface area contributed by atoms with Gasteiger partial charge in [0.2, 0.25) is 0 Å². The Hall–Kier alpha value is -0.830. The van der Waals surface area contributed by atoms with Crippen molar-refractivity contribution in [2.75, 3.05) is 0 Å². The molecule has 3 atom stereocenters. The molecule has 62 valence electrons. The summed E-state index contributed by atoms with van der Waals surface area (Å²) in [6, 6.07) is 0. The molecular weight excluding hydrogens is 144 g/mol.